The summed E-state index contributed by atoms with van der Waals surface area (Å²) in [5, 5.41) is 19.0. The zero-order valence-electron chi connectivity index (χ0n) is 8.98. The lowest BCUT2D eigenvalue weighted by molar-refractivity contribution is -0.390. The van der Waals surface area contributed by atoms with Crippen molar-refractivity contribution >= 4 is 5.82 Å². The number of ether oxygens (including phenoxy) is 1. The average Bonchev–Trinajstić information content (AvgIpc) is 2.21. The Hall–Kier alpha value is -2.37. The lowest BCUT2D eigenvalue weighted by Crippen LogP contribution is -2.19. The lowest BCUT2D eigenvalue weighted by atomic mass is 10.1. The lowest BCUT2D eigenvalue weighted by Gasteiger charge is -2.09. The zero-order valence-corrected chi connectivity index (χ0v) is 8.98. The Morgan fingerprint density at radius 2 is 2.22 bits per heavy atom. The molecule has 1 aromatic heterocycles. The highest BCUT2D eigenvalue weighted by Crippen LogP contribution is 2.29. The molecule has 0 radical (unpaired) electrons. The van der Waals surface area contributed by atoms with Crippen molar-refractivity contribution in [1.29, 1.82) is 5.26 Å². The van der Waals surface area contributed by atoms with E-state index in [0.29, 0.717) is 0 Å². The van der Waals surface area contributed by atoms with Gasteiger partial charge in [0.1, 0.15) is 0 Å². The largest absolute Gasteiger partial charge is 0.575 e. The highest BCUT2D eigenvalue weighted by Gasteiger charge is 2.35. The second kappa shape index (κ2) is 4.87. The van der Waals surface area contributed by atoms with Crippen molar-refractivity contribution in [2.45, 2.75) is 19.7 Å². The van der Waals surface area contributed by atoms with Crippen LogP contribution in [-0.2, 0) is 6.42 Å². The van der Waals surface area contributed by atoms with E-state index in [-0.39, 0.29) is 17.5 Å². The van der Waals surface area contributed by atoms with Gasteiger partial charge < -0.3 is 14.9 Å². The van der Waals surface area contributed by atoms with Gasteiger partial charge in [-0.25, -0.2) is 0 Å². The molecule has 0 fully saturated rings. The first-order valence-electron chi connectivity index (χ1n) is 4.52. The van der Waals surface area contributed by atoms with Crippen molar-refractivity contribution in [3.8, 4) is 11.9 Å². The maximum atomic E-state index is 12.1. The number of aromatic nitrogens is 1. The van der Waals surface area contributed by atoms with E-state index in [1.165, 1.54) is 6.92 Å². The van der Waals surface area contributed by atoms with Gasteiger partial charge in [0.05, 0.1) is 12.5 Å². The topological polar surface area (TPSA) is 89.0 Å². The van der Waals surface area contributed by atoms with E-state index in [1.807, 2.05) is 0 Å². The summed E-state index contributed by atoms with van der Waals surface area (Å²) in [4.78, 5) is 12.7. The second-order valence-corrected chi connectivity index (χ2v) is 3.21. The van der Waals surface area contributed by atoms with Gasteiger partial charge in [-0.05, 0) is 17.4 Å². The summed E-state index contributed by atoms with van der Waals surface area (Å²) in [6, 6.07) is 2.64. The molecule has 6 nitrogen and oxygen atoms in total. The van der Waals surface area contributed by atoms with E-state index >= 15 is 0 Å². The summed E-state index contributed by atoms with van der Waals surface area (Å²) in [6.45, 7) is 1.24. The van der Waals surface area contributed by atoms with Crippen LogP contribution in [0.25, 0.3) is 0 Å². The molecule has 18 heavy (non-hydrogen) atoms. The second-order valence-electron chi connectivity index (χ2n) is 3.21. The van der Waals surface area contributed by atoms with Crippen LogP contribution in [0.1, 0.15) is 11.1 Å². The minimum atomic E-state index is -5.00. The van der Waals surface area contributed by atoms with Crippen LogP contribution < -0.4 is 4.74 Å². The molecule has 1 rings (SSSR count). The van der Waals surface area contributed by atoms with Crippen LogP contribution >= 0.6 is 0 Å². The van der Waals surface area contributed by atoms with Crippen molar-refractivity contribution in [2.24, 2.45) is 0 Å². The van der Waals surface area contributed by atoms with Gasteiger partial charge in [-0.3, -0.25) is 0 Å². The summed E-state index contributed by atoms with van der Waals surface area (Å²) >= 11 is 0. The van der Waals surface area contributed by atoms with Crippen molar-refractivity contribution in [3.05, 3.63) is 27.3 Å². The molecular weight excluding hydrogens is 255 g/mol. The molecular formula is C9H6F3N3O3. The van der Waals surface area contributed by atoms with Crippen molar-refractivity contribution in [2.75, 3.05) is 0 Å². The molecule has 0 unspecified atom stereocenters. The minimum absolute atomic E-state index is 0.0560. The third kappa shape index (κ3) is 3.31. The fourth-order valence-corrected chi connectivity index (χ4v) is 1.19. The Balaban J connectivity index is 3.32. The maximum absolute atomic E-state index is 12.1. The number of nitriles is 1. The highest BCUT2D eigenvalue weighted by molar-refractivity contribution is 5.41. The van der Waals surface area contributed by atoms with Gasteiger partial charge >= 0.3 is 18.1 Å². The molecule has 0 aliphatic carbocycles. The van der Waals surface area contributed by atoms with Gasteiger partial charge in [-0.15, -0.1) is 13.2 Å². The van der Waals surface area contributed by atoms with Gasteiger partial charge in [-0.2, -0.15) is 5.26 Å². The van der Waals surface area contributed by atoms with Crippen LogP contribution in [0.5, 0.6) is 5.88 Å². The molecule has 1 aromatic rings. The van der Waals surface area contributed by atoms with Crippen molar-refractivity contribution in [1.82, 2.24) is 4.98 Å². The van der Waals surface area contributed by atoms with Gasteiger partial charge in [0.15, 0.2) is 0 Å². The summed E-state index contributed by atoms with van der Waals surface area (Å²) in [6.07, 6.45) is -5.28. The first-order chi connectivity index (χ1) is 8.24. The standard InChI is InChI=1S/C9H6F3N3O3/c1-5-6(2-3-13)4-7(15(16)17)14-8(5)18-9(10,11)12/h4H,2H2,1H3. The van der Waals surface area contributed by atoms with Crippen LogP contribution in [0.15, 0.2) is 6.07 Å². The van der Waals surface area contributed by atoms with Gasteiger partial charge in [-0.1, -0.05) is 0 Å². The van der Waals surface area contributed by atoms with Crippen LogP contribution in [0, 0.1) is 28.4 Å². The molecule has 0 N–H and O–H groups in total. The van der Waals surface area contributed by atoms with Gasteiger partial charge in [0.2, 0.25) is 0 Å². The van der Waals surface area contributed by atoms with Gasteiger partial charge in [0, 0.05) is 16.6 Å². The number of pyridine rings is 1. The maximum Gasteiger partial charge on any atom is 0.575 e. The number of nitro groups is 1. The molecule has 96 valence electrons. The van der Waals surface area contributed by atoms with Crippen molar-refractivity contribution < 1.29 is 22.8 Å². The van der Waals surface area contributed by atoms with E-state index < -0.39 is 23.0 Å². The first-order valence-corrected chi connectivity index (χ1v) is 4.52. The van der Waals surface area contributed by atoms with Crippen LogP contribution in [0.4, 0.5) is 19.0 Å². The number of halogens is 3. The molecule has 1 heterocycles. The monoisotopic (exact) mass is 261 g/mol. The Morgan fingerprint density at radius 1 is 1.61 bits per heavy atom. The third-order valence-electron chi connectivity index (χ3n) is 1.99. The van der Waals surface area contributed by atoms with E-state index in [2.05, 4.69) is 9.72 Å². The molecule has 0 saturated carbocycles. The van der Waals surface area contributed by atoms with E-state index in [1.54, 1.807) is 6.07 Å². The number of rotatable bonds is 3. The number of hydrogen-bond acceptors (Lipinski definition) is 5. The fraction of sp³-hybridized carbons (Fsp3) is 0.333. The first kappa shape index (κ1) is 13.7. The molecule has 0 atom stereocenters. The SMILES string of the molecule is Cc1c(CC#N)cc([N+](=O)[O-])nc1OC(F)(F)F. The van der Waals surface area contributed by atoms with Gasteiger partial charge in [0.25, 0.3) is 0 Å². The molecule has 0 saturated heterocycles. The molecule has 0 aliphatic heterocycles. The molecule has 0 amide bonds. The number of alkyl halides is 3. The Bertz CT molecular complexity index is 522. The van der Waals surface area contributed by atoms with Crippen molar-refractivity contribution in [3.63, 3.8) is 0 Å². The molecule has 0 bridgehead atoms. The highest BCUT2D eigenvalue weighted by atomic mass is 19.4. The Labute approximate surface area is 98.8 Å². The summed E-state index contributed by atoms with van der Waals surface area (Å²) in [5.41, 5.74) is 0.0120. The predicted octanol–water partition coefficient (Wildman–Crippen LogP) is 2.26. The summed E-state index contributed by atoms with van der Waals surface area (Å²) in [5.74, 6) is -1.72. The predicted molar refractivity (Wildman–Crippen MR) is 51.6 cm³/mol. The van der Waals surface area contributed by atoms with E-state index in [0.717, 1.165) is 6.07 Å². The molecule has 0 aromatic carbocycles. The normalized spacial score (nSPS) is 10.8. The minimum Gasteiger partial charge on any atom is -0.366 e. The smallest absolute Gasteiger partial charge is 0.366 e. The van der Waals surface area contributed by atoms with E-state index in [4.69, 9.17) is 5.26 Å². The Kier molecular flexibility index (Phi) is 3.70. The fourth-order valence-electron chi connectivity index (χ4n) is 1.19. The quantitative estimate of drug-likeness (QED) is 0.615. The third-order valence-corrected chi connectivity index (χ3v) is 1.99. The number of hydrogen-bond donors (Lipinski definition) is 0. The Morgan fingerprint density at radius 3 is 2.67 bits per heavy atom. The summed E-state index contributed by atoms with van der Waals surface area (Å²) in [7, 11) is 0. The van der Waals surface area contributed by atoms with E-state index in [9.17, 15) is 23.3 Å². The molecule has 0 spiro atoms. The van der Waals surface area contributed by atoms with Crippen LogP contribution in [0.3, 0.4) is 0 Å². The molecule has 9 heteroatoms. The van der Waals surface area contributed by atoms with Crippen LogP contribution in [0.2, 0.25) is 0 Å². The average molecular weight is 261 g/mol. The zero-order chi connectivity index (χ0) is 13.9. The summed E-state index contributed by atoms with van der Waals surface area (Å²) < 4.78 is 39.8. The molecule has 0 aliphatic rings. The number of nitrogens with zero attached hydrogens (tertiary/aromatic N) is 3. The van der Waals surface area contributed by atoms with Crippen LogP contribution in [-0.4, -0.2) is 16.3 Å².